The van der Waals surface area contributed by atoms with Crippen molar-refractivity contribution in [3.8, 4) is 22.5 Å². The number of rotatable bonds is 8. The minimum Gasteiger partial charge on any atom is -0.393 e. The third kappa shape index (κ3) is 6.50. The molecule has 5 rings (SSSR count). The molecule has 0 bridgehead atoms. The Morgan fingerprint density at radius 2 is 1.11 bits per heavy atom. The lowest BCUT2D eigenvalue weighted by Crippen LogP contribution is -2.35. The number of pyridine rings is 2. The Kier molecular flexibility index (Phi) is 8.05. The largest absolute Gasteiger partial charge is 0.393 e. The van der Waals surface area contributed by atoms with Crippen LogP contribution in [0.1, 0.15) is 41.5 Å². The fourth-order valence-corrected chi connectivity index (χ4v) is 4.95. The summed E-state index contributed by atoms with van der Waals surface area (Å²) in [5.74, 6) is 0. The lowest BCUT2D eigenvalue weighted by atomic mass is 9.92. The molecule has 2 aromatic carbocycles. The number of benzene rings is 2. The van der Waals surface area contributed by atoms with Crippen molar-refractivity contribution in [1.29, 1.82) is 0 Å². The number of aliphatic hydroxyl groups is 1. The summed E-state index contributed by atoms with van der Waals surface area (Å²) in [6.07, 6.45) is 5.25. The monoisotopic (exact) mass is 494 g/mol. The fourth-order valence-electron chi connectivity index (χ4n) is 4.95. The molecule has 0 radical (unpaired) electrons. The Hall–Kier alpha value is -3.38. The summed E-state index contributed by atoms with van der Waals surface area (Å²) >= 11 is 0. The number of hydrogen-bond acceptors (Lipinski definition) is 5. The van der Waals surface area contributed by atoms with Gasteiger partial charge in [0, 0.05) is 23.5 Å². The van der Waals surface area contributed by atoms with Gasteiger partial charge in [-0.25, -0.2) is 0 Å². The van der Waals surface area contributed by atoms with Gasteiger partial charge < -0.3 is 14.6 Å². The predicted molar refractivity (Wildman–Crippen MR) is 146 cm³/mol. The minimum atomic E-state index is -0.424. The van der Waals surface area contributed by atoms with E-state index in [4.69, 9.17) is 9.47 Å². The van der Waals surface area contributed by atoms with Crippen molar-refractivity contribution < 1.29 is 14.6 Å². The molecule has 1 N–H and O–H groups in total. The Balaban J connectivity index is 1.13. The van der Waals surface area contributed by atoms with Crippen LogP contribution in [0.2, 0.25) is 0 Å². The van der Waals surface area contributed by atoms with Crippen LogP contribution >= 0.6 is 0 Å². The lowest BCUT2D eigenvalue weighted by molar-refractivity contribution is -0.0910. The Morgan fingerprint density at radius 1 is 0.649 bits per heavy atom. The zero-order valence-electron chi connectivity index (χ0n) is 21.5. The molecule has 1 aliphatic rings. The van der Waals surface area contributed by atoms with E-state index in [1.165, 1.54) is 11.1 Å². The lowest BCUT2D eigenvalue weighted by Gasteiger charge is -2.32. The zero-order valence-corrected chi connectivity index (χ0v) is 21.5. The molecule has 0 amide bonds. The summed E-state index contributed by atoms with van der Waals surface area (Å²) in [4.78, 5) is 9.27. The number of nitrogens with zero attached hydrogens (tertiary/aromatic N) is 2. The maximum Gasteiger partial charge on any atom is 0.0735 e. The summed E-state index contributed by atoms with van der Waals surface area (Å²) in [5, 5.41) is 10.4. The molecule has 1 aliphatic carbocycles. The molecule has 0 aliphatic heterocycles. The molecule has 0 unspecified atom stereocenters. The van der Waals surface area contributed by atoms with E-state index in [0.29, 0.717) is 26.1 Å². The topological polar surface area (TPSA) is 64.5 Å². The highest BCUT2D eigenvalue weighted by Crippen LogP contribution is 2.27. The second-order valence-corrected chi connectivity index (χ2v) is 9.96. The molecule has 4 aromatic rings. The van der Waals surface area contributed by atoms with Crippen molar-refractivity contribution in [1.82, 2.24) is 9.97 Å². The first-order chi connectivity index (χ1) is 18.0. The first-order valence-electron chi connectivity index (χ1n) is 13.0. The average Bonchev–Trinajstić information content (AvgIpc) is 2.92. The smallest absolute Gasteiger partial charge is 0.0735 e. The van der Waals surface area contributed by atoms with Gasteiger partial charge in [-0.3, -0.25) is 9.97 Å². The molecule has 37 heavy (non-hydrogen) atoms. The van der Waals surface area contributed by atoms with Crippen LogP contribution in [0.15, 0.2) is 85.2 Å². The normalized spacial score (nSPS) is 19.6. The van der Waals surface area contributed by atoms with Gasteiger partial charge in [-0.15, -0.1) is 0 Å². The van der Waals surface area contributed by atoms with E-state index in [1.54, 1.807) is 0 Å². The molecule has 1 saturated carbocycles. The quantitative estimate of drug-likeness (QED) is 0.305. The molecule has 1 fully saturated rings. The van der Waals surface area contributed by atoms with E-state index in [2.05, 4.69) is 60.2 Å². The first kappa shape index (κ1) is 25.3. The molecular weight excluding hydrogens is 460 g/mol. The summed E-state index contributed by atoms with van der Waals surface area (Å²) in [6, 6.07) is 24.7. The maximum absolute atomic E-state index is 10.4. The van der Waals surface area contributed by atoms with E-state index in [0.717, 1.165) is 40.1 Å². The molecule has 0 saturated heterocycles. The fraction of sp³-hybridized carbons (Fsp3) is 0.312. The zero-order chi connectivity index (χ0) is 25.6. The van der Waals surface area contributed by atoms with Gasteiger partial charge in [-0.05, 0) is 67.5 Å². The average molecular weight is 495 g/mol. The van der Waals surface area contributed by atoms with Crippen LogP contribution in [0.25, 0.3) is 22.5 Å². The van der Waals surface area contributed by atoms with Crippen molar-refractivity contribution in [3.05, 3.63) is 107 Å². The molecule has 5 nitrogen and oxygen atoms in total. The van der Waals surface area contributed by atoms with E-state index in [-0.39, 0.29) is 12.2 Å². The molecular formula is C32H34N2O3. The van der Waals surface area contributed by atoms with Gasteiger partial charge in [0.05, 0.1) is 42.9 Å². The summed E-state index contributed by atoms with van der Waals surface area (Å²) in [7, 11) is 0. The van der Waals surface area contributed by atoms with Crippen LogP contribution in [0.5, 0.6) is 0 Å². The highest BCUT2D eigenvalue weighted by atomic mass is 16.5. The summed E-state index contributed by atoms with van der Waals surface area (Å²) in [5.41, 5.74) is 8.67. The third-order valence-electron chi connectivity index (χ3n) is 7.06. The number of ether oxygens (including phenoxy) is 2. The van der Waals surface area contributed by atoms with Crippen molar-refractivity contribution in [2.45, 2.75) is 64.6 Å². The molecule has 0 spiro atoms. The maximum atomic E-state index is 10.4. The Labute approximate surface area is 219 Å². The predicted octanol–water partition coefficient (Wildman–Crippen LogP) is 6.44. The van der Waals surface area contributed by atoms with Crippen molar-refractivity contribution in [3.63, 3.8) is 0 Å². The van der Waals surface area contributed by atoms with Gasteiger partial charge >= 0.3 is 0 Å². The van der Waals surface area contributed by atoms with Gasteiger partial charge in [0.1, 0.15) is 0 Å². The SMILES string of the molecule is Cc1ccccc1-c1ccc(CO[C@@H]2C[C@H](O)C[C@H](OCc3ccc(-c4ccccc4C)nc3)C2)cn1. The number of aryl methyl sites for hydroxylation is 2. The first-order valence-corrected chi connectivity index (χ1v) is 13.0. The van der Waals surface area contributed by atoms with Crippen LogP contribution in [-0.2, 0) is 22.7 Å². The second kappa shape index (κ2) is 11.8. The van der Waals surface area contributed by atoms with E-state index in [1.807, 2.05) is 48.8 Å². The third-order valence-corrected chi connectivity index (χ3v) is 7.06. The minimum absolute atomic E-state index is 0.0497. The van der Waals surface area contributed by atoms with Gasteiger partial charge in [0.25, 0.3) is 0 Å². The Bertz CT molecular complexity index is 1200. The van der Waals surface area contributed by atoms with Crippen LogP contribution in [0, 0.1) is 13.8 Å². The van der Waals surface area contributed by atoms with Crippen LogP contribution in [0.4, 0.5) is 0 Å². The van der Waals surface area contributed by atoms with E-state index >= 15 is 0 Å². The van der Waals surface area contributed by atoms with Gasteiger partial charge in [0.15, 0.2) is 0 Å². The van der Waals surface area contributed by atoms with Crippen LogP contribution in [0.3, 0.4) is 0 Å². The number of hydrogen-bond donors (Lipinski definition) is 1. The number of aromatic nitrogens is 2. The standard InChI is InChI=1S/C32H34N2O3/c1-22-7-3-5-9-29(22)31-13-11-24(18-33-31)20-36-27-15-26(35)16-28(17-27)37-21-25-12-14-32(34-19-25)30-10-6-4-8-23(30)2/h3-14,18-19,26-28,35H,15-17,20-21H2,1-2H3/t26-,27+,28-. The molecule has 2 aromatic heterocycles. The van der Waals surface area contributed by atoms with Gasteiger partial charge in [-0.2, -0.15) is 0 Å². The van der Waals surface area contributed by atoms with E-state index in [9.17, 15) is 5.11 Å². The van der Waals surface area contributed by atoms with E-state index < -0.39 is 6.10 Å². The summed E-state index contributed by atoms with van der Waals surface area (Å²) in [6.45, 7) is 5.13. The Morgan fingerprint density at radius 3 is 1.51 bits per heavy atom. The highest BCUT2D eigenvalue weighted by Gasteiger charge is 2.29. The molecule has 2 heterocycles. The van der Waals surface area contributed by atoms with Crippen molar-refractivity contribution in [2.75, 3.05) is 0 Å². The molecule has 190 valence electrons. The summed E-state index contributed by atoms with van der Waals surface area (Å²) < 4.78 is 12.3. The van der Waals surface area contributed by atoms with Gasteiger partial charge in [0.2, 0.25) is 0 Å². The molecule has 3 atom stereocenters. The second-order valence-electron chi connectivity index (χ2n) is 9.96. The van der Waals surface area contributed by atoms with Crippen molar-refractivity contribution in [2.24, 2.45) is 0 Å². The van der Waals surface area contributed by atoms with Gasteiger partial charge in [-0.1, -0.05) is 60.7 Å². The van der Waals surface area contributed by atoms with Crippen LogP contribution in [-0.4, -0.2) is 33.4 Å². The van der Waals surface area contributed by atoms with Crippen LogP contribution < -0.4 is 0 Å². The molecule has 5 heteroatoms. The van der Waals surface area contributed by atoms with Crippen molar-refractivity contribution >= 4 is 0 Å². The number of aliphatic hydroxyl groups excluding tert-OH is 1. The highest BCUT2D eigenvalue weighted by molar-refractivity contribution is 5.64.